The first-order chi connectivity index (χ1) is 9.92. The highest BCUT2D eigenvalue weighted by atomic mass is 79.9. The molecule has 112 valence electrons. The molecule has 1 aromatic rings. The van der Waals surface area contributed by atoms with Crippen LogP contribution in [0.4, 0.5) is 4.79 Å². The fourth-order valence-electron chi connectivity index (χ4n) is 1.95. The second-order valence-electron chi connectivity index (χ2n) is 5.08. The smallest absolute Gasteiger partial charge is 0.293 e. The number of hydrogen-bond donors (Lipinski definition) is 0. The lowest BCUT2D eigenvalue weighted by Gasteiger charge is -2.14. The Morgan fingerprint density at radius 1 is 1.38 bits per heavy atom. The van der Waals surface area contributed by atoms with Crippen LogP contribution in [0.1, 0.15) is 19.4 Å². The molecule has 0 atom stereocenters. The quantitative estimate of drug-likeness (QED) is 0.747. The van der Waals surface area contributed by atoms with Gasteiger partial charge in [-0.15, -0.1) is 0 Å². The topological polar surface area (TPSA) is 46.6 Å². The summed E-state index contributed by atoms with van der Waals surface area (Å²) in [5, 5.41) is -0.201. The van der Waals surface area contributed by atoms with Gasteiger partial charge in [0.05, 0.1) is 16.5 Å². The Labute approximate surface area is 136 Å². The van der Waals surface area contributed by atoms with E-state index in [2.05, 4.69) is 15.9 Å². The third-order valence-corrected chi connectivity index (χ3v) is 4.42. The van der Waals surface area contributed by atoms with Gasteiger partial charge in [0.25, 0.3) is 11.1 Å². The van der Waals surface area contributed by atoms with Gasteiger partial charge in [-0.2, -0.15) is 0 Å². The summed E-state index contributed by atoms with van der Waals surface area (Å²) in [6.07, 6.45) is 1.73. The van der Waals surface area contributed by atoms with Crippen molar-refractivity contribution in [2.75, 3.05) is 13.7 Å². The van der Waals surface area contributed by atoms with Crippen molar-refractivity contribution in [1.29, 1.82) is 0 Å². The molecule has 2 rings (SSSR count). The number of amides is 2. The van der Waals surface area contributed by atoms with Gasteiger partial charge in [0.1, 0.15) is 5.75 Å². The zero-order valence-corrected chi connectivity index (χ0v) is 14.5. The fourth-order valence-corrected chi connectivity index (χ4v) is 3.35. The summed E-state index contributed by atoms with van der Waals surface area (Å²) in [7, 11) is 1.59. The van der Waals surface area contributed by atoms with Gasteiger partial charge in [-0.05, 0) is 57.4 Å². The van der Waals surface area contributed by atoms with Crippen LogP contribution in [0.25, 0.3) is 6.08 Å². The Kier molecular flexibility index (Phi) is 5.11. The van der Waals surface area contributed by atoms with E-state index in [0.717, 1.165) is 27.5 Å². The van der Waals surface area contributed by atoms with Crippen LogP contribution < -0.4 is 4.74 Å². The second-order valence-corrected chi connectivity index (χ2v) is 6.93. The van der Waals surface area contributed by atoms with E-state index in [1.54, 1.807) is 13.2 Å². The Morgan fingerprint density at radius 2 is 2.10 bits per heavy atom. The van der Waals surface area contributed by atoms with Gasteiger partial charge in [0.2, 0.25) is 0 Å². The SMILES string of the molecule is COc1ccc(/C=C2/SC(=O)N(CC(C)C)C2=O)cc1Br. The summed E-state index contributed by atoms with van der Waals surface area (Å²) >= 11 is 4.39. The van der Waals surface area contributed by atoms with Crippen LogP contribution in [0.15, 0.2) is 27.6 Å². The molecule has 0 aromatic heterocycles. The van der Waals surface area contributed by atoms with E-state index in [1.807, 2.05) is 32.0 Å². The molecule has 1 aromatic carbocycles. The standard InChI is InChI=1S/C15H16BrNO3S/c1-9(2)8-17-14(18)13(21-15(17)19)7-10-4-5-12(20-3)11(16)6-10/h4-7,9H,8H2,1-3H3/b13-7+. The molecule has 6 heteroatoms. The maximum Gasteiger partial charge on any atom is 0.293 e. The normalized spacial score (nSPS) is 17.2. The van der Waals surface area contributed by atoms with E-state index in [4.69, 9.17) is 4.74 Å². The van der Waals surface area contributed by atoms with Crippen LogP contribution in [0.5, 0.6) is 5.75 Å². The van der Waals surface area contributed by atoms with Crippen molar-refractivity contribution in [1.82, 2.24) is 4.90 Å². The first-order valence-corrected chi connectivity index (χ1v) is 8.12. The Hall–Kier alpha value is -1.27. The average molecular weight is 370 g/mol. The molecule has 4 nitrogen and oxygen atoms in total. The lowest BCUT2D eigenvalue weighted by atomic mass is 10.2. The molecular weight excluding hydrogens is 354 g/mol. The van der Waals surface area contributed by atoms with Gasteiger partial charge in [-0.25, -0.2) is 0 Å². The number of rotatable bonds is 4. The predicted octanol–water partition coefficient (Wildman–Crippen LogP) is 4.15. The van der Waals surface area contributed by atoms with Gasteiger partial charge < -0.3 is 4.74 Å². The molecule has 0 N–H and O–H groups in total. The number of benzene rings is 1. The first-order valence-electron chi connectivity index (χ1n) is 6.51. The monoisotopic (exact) mass is 369 g/mol. The minimum absolute atomic E-state index is 0.201. The summed E-state index contributed by atoms with van der Waals surface area (Å²) in [4.78, 5) is 25.9. The molecule has 0 saturated carbocycles. The van der Waals surface area contributed by atoms with Crippen molar-refractivity contribution in [2.45, 2.75) is 13.8 Å². The molecule has 0 unspecified atom stereocenters. The van der Waals surface area contributed by atoms with E-state index in [-0.39, 0.29) is 17.1 Å². The molecule has 0 bridgehead atoms. The van der Waals surface area contributed by atoms with Crippen LogP contribution in [-0.4, -0.2) is 29.7 Å². The highest BCUT2D eigenvalue weighted by Gasteiger charge is 2.35. The van der Waals surface area contributed by atoms with Gasteiger partial charge in [-0.3, -0.25) is 14.5 Å². The molecule has 1 aliphatic heterocycles. The zero-order chi connectivity index (χ0) is 15.6. The van der Waals surface area contributed by atoms with Crippen LogP contribution in [-0.2, 0) is 4.79 Å². The molecule has 0 aliphatic carbocycles. The number of thioether (sulfide) groups is 1. The Bertz CT molecular complexity index is 613. The number of methoxy groups -OCH3 is 1. The van der Waals surface area contributed by atoms with E-state index in [1.165, 1.54) is 4.90 Å². The average Bonchev–Trinajstić information content (AvgIpc) is 2.66. The summed E-state index contributed by atoms with van der Waals surface area (Å²) in [6, 6.07) is 5.52. The van der Waals surface area contributed by atoms with Gasteiger partial charge in [-0.1, -0.05) is 19.9 Å². The minimum atomic E-state index is -0.217. The fraction of sp³-hybridized carbons (Fsp3) is 0.333. The molecule has 0 radical (unpaired) electrons. The molecule has 1 saturated heterocycles. The van der Waals surface area contributed by atoms with Crippen LogP contribution in [0, 0.1) is 5.92 Å². The largest absolute Gasteiger partial charge is 0.496 e. The summed E-state index contributed by atoms with van der Waals surface area (Å²) in [5.41, 5.74) is 0.845. The Morgan fingerprint density at radius 3 is 2.67 bits per heavy atom. The third kappa shape index (κ3) is 3.68. The van der Waals surface area contributed by atoms with Gasteiger partial charge in [0, 0.05) is 6.54 Å². The lowest BCUT2D eigenvalue weighted by molar-refractivity contribution is -0.123. The van der Waals surface area contributed by atoms with Gasteiger partial charge in [0.15, 0.2) is 0 Å². The van der Waals surface area contributed by atoms with Crippen LogP contribution in [0.3, 0.4) is 0 Å². The number of nitrogens with zero attached hydrogens (tertiary/aromatic N) is 1. The summed E-state index contributed by atoms with van der Waals surface area (Å²) < 4.78 is 5.97. The molecular formula is C15H16BrNO3S. The predicted molar refractivity (Wildman–Crippen MR) is 88.2 cm³/mol. The van der Waals surface area contributed by atoms with Crippen LogP contribution >= 0.6 is 27.7 Å². The van der Waals surface area contributed by atoms with Crippen LogP contribution in [0.2, 0.25) is 0 Å². The number of imide groups is 1. The molecule has 1 aliphatic rings. The van der Waals surface area contributed by atoms with Crippen molar-refractivity contribution in [3.05, 3.63) is 33.1 Å². The van der Waals surface area contributed by atoms with Crippen molar-refractivity contribution in [3.8, 4) is 5.75 Å². The van der Waals surface area contributed by atoms with E-state index < -0.39 is 0 Å². The summed E-state index contributed by atoms with van der Waals surface area (Å²) in [5.74, 6) is 0.763. The molecule has 1 heterocycles. The molecule has 1 fully saturated rings. The molecule has 2 amide bonds. The lowest BCUT2D eigenvalue weighted by Crippen LogP contribution is -2.31. The van der Waals surface area contributed by atoms with E-state index in [0.29, 0.717) is 11.4 Å². The van der Waals surface area contributed by atoms with Crippen molar-refractivity contribution < 1.29 is 14.3 Å². The molecule has 0 spiro atoms. The van der Waals surface area contributed by atoms with Crippen molar-refractivity contribution in [2.24, 2.45) is 5.92 Å². The van der Waals surface area contributed by atoms with Crippen molar-refractivity contribution >= 4 is 44.9 Å². The maximum atomic E-state index is 12.2. The zero-order valence-electron chi connectivity index (χ0n) is 12.1. The highest BCUT2D eigenvalue weighted by molar-refractivity contribution is 9.10. The third-order valence-electron chi connectivity index (χ3n) is 2.89. The number of hydrogen-bond acceptors (Lipinski definition) is 4. The number of carbonyl (C=O) groups excluding carboxylic acids is 2. The Balaban J connectivity index is 2.24. The first kappa shape index (κ1) is 16.1. The van der Waals surface area contributed by atoms with Crippen molar-refractivity contribution in [3.63, 3.8) is 0 Å². The number of ether oxygens (including phenoxy) is 1. The minimum Gasteiger partial charge on any atom is -0.496 e. The maximum absolute atomic E-state index is 12.2. The summed E-state index contributed by atoms with van der Waals surface area (Å²) in [6.45, 7) is 4.41. The highest BCUT2D eigenvalue weighted by Crippen LogP contribution is 2.34. The second kappa shape index (κ2) is 6.66. The van der Waals surface area contributed by atoms with Gasteiger partial charge >= 0.3 is 0 Å². The number of carbonyl (C=O) groups is 2. The molecule has 21 heavy (non-hydrogen) atoms. The van der Waals surface area contributed by atoms with E-state index in [9.17, 15) is 9.59 Å². The number of halogens is 1. The van der Waals surface area contributed by atoms with E-state index >= 15 is 0 Å².